The van der Waals surface area contributed by atoms with Gasteiger partial charge in [-0.1, -0.05) is 92.7 Å². The third kappa shape index (κ3) is 3.18. The van der Waals surface area contributed by atoms with Gasteiger partial charge in [-0.05, 0) is 64.7 Å². The maximum Gasteiger partial charge on any atom is 0.143 e. The minimum absolute atomic E-state index is 0.0841. The second-order valence-corrected chi connectivity index (χ2v) is 12.1. The van der Waals surface area contributed by atoms with E-state index in [1.807, 2.05) is 12.1 Å². The molecule has 0 fully saturated rings. The number of nitriles is 1. The van der Waals surface area contributed by atoms with E-state index in [2.05, 4.69) is 134 Å². The van der Waals surface area contributed by atoms with Gasteiger partial charge >= 0.3 is 0 Å². The molecule has 2 heterocycles. The van der Waals surface area contributed by atoms with Crippen LogP contribution in [-0.4, -0.2) is 4.57 Å². The number of rotatable bonds is 2. The summed E-state index contributed by atoms with van der Waals surface area (Å²) < 4.78 is 8.97. The first-order valence-electron chi connectivity index (χ1n) is 14.7. The SMILES string of the molecule is CC1(C)c2ccccc2-c2c1ccc1c2oc2ccc(-c3cc(C#N)ccc3-n3c4ccccc4c4ccccc43)cc21. The monoisotopic (exact) mass is 550 g/mol. The van der Waals surface area contributed by atoms with Crippen molar-refractivity contribution >= 4 is 43.7 Å². The van der Waals surface area contributed by atoms with Crippen molar-refractivity contribution < 1.29 is 4.42 Å². The lowest BCUT2D eigenvalue weighted by Gasteiger charge is -2.21. The molecular weight excluding hydrogens is 524 g/mol. The number of nitrogens with zero attached hydrogens (tertiary/aromatic N) is 2. The molecule has 43 heavy (non-hydrogen) atoms. The van der Waals surface area contributed by atoms with Gasteiger partial charge in [-0.3, -0.25) is 0 Å². The summed E-state index contributed by atoms with van der Waals surface area (Å²) in [4.78, 5) is 0. The second-order valence-electron chi connectivity index (χ2n) is 12.1. The Morgan fingerprint density at radius 3 is 2.12 bits per heavy atom. The highest BCUT2D eigenvalue weighted by molar-refractivity contribution is 6.13. The molecule has 1 aliphatic carbocycles. The van der Waals surface area contributed by atoms with Crippen molar-refractivity contribution in [3.05, 3.63) is 138 Å². The van der Waals surface area contributed by atoms with E-state index < -0.39 is 0 Å². The fourth-order valence-corrected chi connectivity index (χ4v) is 7.40. The van der Waals surface area contributed by atoms with Gasteiger partial charge in [0, 0.05) is 38.1 Å². The molecule has 0 radical (unpaired) electrons. The minimum Gasteiger partial charge on any atom is -0.455 e. The Morgan fingerprint density at radius 2 is 1.35 bits per heavy atom. The van der Waals surface area contributed by atoms with Gasteiger partial charge in [0.15, 0.2) is 0 Å². The average molecular weight is 551 g/mol. The third-order valence-corrected chi connectivity index (χ3v) is 9.44. The van der Waals surface area contributed by atoms with Gasteiger partial charge in [-0.2, -0.15) is 5.26 Å². The maximum atomic E-state index is 9.89. The highest BCUT2D eigenvalue weighted by atomic mass is 16.3. The number of para-hydroxylation sites is 2. The van der Waals surface area contributed by atoms with Crippen molar-refractivity contribution in [3.8, 4) is 34.0 Å². The molecule has 0 atom stereocenters. The van der Waals surface area contributed by atoms with Crippen molar-refractivity contribution in [2.75, 3.05) is 0 Å². The van der Waals surface area contributed by atoms with Gasteiger partial charge in [-0.25, -0.2) is 0 Å². The Labute approximate surface area is 248 Å². The Hall–Kier alpha value is -5.59. The van der Waals surface area contributed by atoms with Crippen molar-refractivity contribution in [2.24, 2.45) is 0 Å². The molecule has 8 aromatic rings. The fourth-order valence-electron chi connectivity index (χ4n) is 7.40. The number of hydrogen-bond donors (Lipinski definition) is 0. The van der Waals surface area contributed by atoms with E-state index in [4.69, 9.17) is 4.42 Å². The van der Waals surface area contributed by atoms with Crippen LogP contribution in [0.3, 0.4) is 0 Å². The van der Waals surface area contributed by atoms with Crippen LogP contribution < -0.4 is 0 Å². The lowest BCUT2D eigenvalue weighted by Crippen LogP contribution is -2.14. The number of benzene rings is 6. The van der Waals surface area contributed by atoms with Crippen molar-refractivity contribution in [1.29, 1.82) is 5.26 Å². The smallest absolute Gasteiger partial charge is 0.143 e. The molecule has 0 amide bonds. The van der Waals surface area contributed by atoms with Crippen LogP contribution in [-0.2, 0) is 5.41 Å². The van der Waals surface area contributed by atoms with Gasteiger partial charge in [0.25, 0.3) is 0 Å². The summed E-state index contributed by atoms with van der Waals surface area (Å²) in [5.41, 5.74) is 12.8. The first-order valence-corrected chi connectivity index (χ1v) is 14.7. The molecule has 3 nitrogen and oxygen atoms in total. The summed E-state index contributed by atoms with van der Waals surface area (Å²) in [6.07, 6.45) is 0. The van der Waals surface area contributed by atoms with Gasteiger partial charge < -0.3 is 8.98 Å². The van der Waals surface area contributed by atoms with Gasteiger partial charge in [0.2, 0.25) is 0 Å². The zero-order chi connectivity index (χ0) is 28.9. The molecule has 0 N–H and O–H groups in total. The molecule has 1 aliphatic rings. The highest BCUT2D eigenvalue weighted by Gasteiger charge is 2.37. The zero-order valence-electron chi connectivity index (χ0n) is 23.8. The molecular formula is C40H26N2O. The van der Waals surface area contributed by atoms with Crippen molar-refractivity contribution in [2.45, 2.75) is 19.3 Å². The van der Waals surface area contributed by atoms with Crippen LogP contribution in [0.2, 0.25) is 0 Å². The normalized spacial score (nSPS) is 13.5. The predicted octanol–water partition coefficient (Wildman–Crippen LogP) is 10.5. The van der Waals surface area contributed by atoms with Gasteiger partial charge in [0.05, 0.1) is 28.4 Å². The molecule has 202 valence electrons. The van der Waals surface area contributed by atoms with Crippen LogP contribution in [0.15, 0.2) is 126 Å². The first-order chi connectivity index (χ1) is 21.0. The number of fused-ring (bicyclic) bond motifs is 10. The molecule has 0 bridgehead atoms. The van der Waals surface area contributed by atoms with E-state index in [1.54, 1.807) is 0 Å². The Morgan fingerprint density at radius 1 is 0.628 bits per heavy atom. The number of hydrogen-bond acceptors (Lipinski definition) is 2. The van der Waals surface area contributed by atoms with Crippen LogP contribution >= 0.6 is 0 Å². The Balaban J connectivity index is 1.32. The highest BCUT2D eigenvalue weighted by Crippen LogP contribution is 2.52. The van der Waals surface area contributed by atoms with E-state index in [9.17, 15) is 5.26 Å². The van der Waals surface area contributed by atoms with Crippen LogP contribution in [0.1, 0.15) is 30.5 Å². The molecule has 0 unspecified atom stereocenters. The predicted molar refractivity (Wildman–Crippen MR) is 176 cm³/mol. The van der Waals surface area contributed by atoms with E-state index in [0.717, 1.165) is 49.8 Å². The quantitative estimate of drug-likeness (QED) is 0.215. The van der Waals surface area contributed by atoms with Crippen LogP contribution in [0.5, 0.6) is 0 Å². The molecule has 0 spiro atoms. The topological polar surface area (TPSA) is 41.9 Å². The van der Waals surface area contributed by atoms with Crippen molar-refractivity contribution in [3.63, 3.8) is 0 Å². The molecule has 9 rings (SSSR count). The molecule has 0 saturated carbocycles. The Bertz CT molecular complexity index is 2450. The molecule has 2 aromatic heterocycles. The summed E-state index contributed by atoms with van der Waals surface area (Å²) in [6.45, 7) is 4.59. The van der Waals surface area contributed by atoms with Crippen LogP contribution in [0.4, 0.5) is 0 Å². The van der Waals surface area contributed by atoms with Crippen LogP contribution in [0.25, 0.3) is 71.7 Å². The third-order valence-electron chi connectivity index (χ3n) is 9.44. The first kappa shape index (κ1) is 24.1. The van der Waals surface area contributed by atoms with E-state index in [1.165, 1.54) is 33.0 Å². The Kier molecular flexibility index (Phi) is 4.74. The lowest BCUT2D eigenvalue weighted by molar-refractivity contribution is 0.653. The minimum atomic E-state index is -0.0841. The standard InChI is InChI=1S/C40H26N2O/c1-40(2)32-12-6-3-11-29(32)38-33(40)18-17-28-31-22-25(16-20-37(31)43-39(28)38)30-21-24(23-41)15-19-36(30)42-34-13-7-4-9-26(34)27-10-5-8-14-35(27)42/h3-22H,1-2H3. The average Bonchev–Trinajstić information content (AvgIpc) is 3.66. The van der Waals surface area contributed by atoms with E-state index in [-0.39, 0.29) is 5.41 Å². The van der Waals surface area contributed by atoms with Crippen LogP contribution in [0, 0.1) is 11.3 Å². The maximum absolute atomic E-state index is 9.89. The summed E-state index contributed by atoms with van der Waals surface area (Å²) >= 11 is 0. The van der Waals surface area contributed by atoms with E-state index in [0.29, 0.717) is 5.56 Å². The molecule has 3 heteroatoms. The lowest BCUT2D eigenvalue weighted by atomic mass is 9.82. The molecule has 6 aromatic carbocycles. The summed E-state index contributed by atoms with van der Waals surface area (Å²) in [5.74, 6) is 0. The van der Waals surface area contributed by atoms with Crippen molar-refractivity contribution in [1.82, 2.24) is 4.57 Å². The number of furan rings is 1. The summed E-state index contributed by atoms with van der Waals surface area (Å²) in [7, 11) is 0. The fraction of sp³-hybridized carbons (Fsp3) is 0.0750. The second kappa shape index (κ2) is 8.47. The van der Waals surface area contributed by atoms with E-state index >= 15 is 0 Å². The molecule has 0 saturated heterocycles. The number of aromatic nitrogens is 1. The van der Waals surface area contributed by atoms with Gasteiger partial charge in [0.1, 0.15) is 11.2 Å². The molecule has 0 aliphatic heterocycles. The summed E-state index contributed by atoms with van der Waals surface area (Å²) in [5, 5.41) is 14.5. The largest absolute Gasteiger partial charge is 0.455 e. The van der Waals surface area contributed by atoms with Gasteiger partial charge in [-0.15, -0.1) is 0 Å². The summed E-state index contributed by atoms with van der Waals surface area (Å²) in [6, 6.07) is 45.0. The zero-order valence-corrected chi connectivity index (χ0v) is 23.8.